The zero-order valence-corrected chi connectivity index (χ0v) is 19.2. The highest BCUT2D eigenvalue weighted by molar-refractivity contribution is 7.99. The van der Waals surface area contributed by atoms with Gasteiger partial charge in [0.05, 0.1) is 11.4 Å². The quantitative estimate of drug-likeness (QED) is 0.297. The Bertz CT molecular complexity index is 1250. The van der Waals surface area contributed by atoms with Gasteiger partial charge >= 0.3 is 5.97 Å². The molecular weight excluding hydrogens is 436 g/mol. The third-order valence-corrected chi connectivity index (χ3v) is 7.22. The maximum absolute atomic E-state index is 11.0. The molecule has 0 radical (unpaired) electrons. The van der Waals surface area contributed by atoms with Gasteiger partial charge in [0.15, 0.2) is 0 Å². The average molecular weight is 459 g/mol. The number of benzene rings is 2. The van der Waals surface area contributed by atoms with Crippen LogP contribution in [-0.2, 0) is 4.79 Å². The lowest BCUT2D eigenvalue weighted by atomic mass is 10.1. The van der Waals surface area contributed by atoms with E-state index in [-0.39, 0.29) is 5.57 Å². The Kier molecular flexibility index (Phi) is 6.79. The number of carboxylic acid groups (broad SMARTS) is 1. The predicted octanol–water partition coefficient (Wildman–Crippen LogP) is 7.31. The van der Waals surface area contributed by atoms with E-state index in [4.69, 9.17) is 10.4 Å². The van der Waals surface area contributed by atoms with Crippen molar-refractivity contribution in [2.75, 3.05) is 11.4 Å². The van der Waals surface area contributed by atoms with Crippen LogP contribution in [0.1, 0.15) is 35.1 Å². The number of para-hydroxylation sites is 1. The smallest absolute Gasteiger partial charge is 0.346 e. The van der Waals surface area contributed by atoms with Gasteiger partial charge in [-0.15, -0.1) is 11.3 Å². The molecule has 0 unspecified atom stereocenters. The second kappa shape index (κ2) is 9.90. The summed E-state index contributed by atoms with van der Waals surface area (Å²) in [5.41, 5.74) is 3.38. The maximum atomic E-state index is 11.0. The summed E-state index contributed by atoms with van der Waals surface area (Å²) in [5.74, 6) is -1.21. The molecule has 0 fully saturated rings. The second-order valence-corrected chi connectivity index (χ2v) is 9.58. The molecule has 3 aromatic rings. The summed E-state index contributed by atoms with van der Waals surface area (Å²) >= 11 is 3.26. The number of carbonyl (C=O) groups is 1. The molecule has 1 N–H and O–H groups in total. The largest absolute Gasteiger partial charge is 0.477 e. The van der Waals surface area contributed by atoms with Crippen molar-refractivity contribution in [1.29, 1.82) is 5.26 Å². The number of nitriles is 1. The molecule has 0 spiro atoms. The van der Waals surface area contributed by atoms with Crippen molar-refractivity contribution in [3.8, 4) is 6.07 Å². The van der Waals surface area contributed by atoms with Gasteiger partial charge in [0.1, 0.15) is 11.6 Å². The topological polar surface area (TPSA) is 64.3 Å². The molecule has 4 rings (SSSR count). The molecule has 2 aromatic carbocycles. The third-order valence-electron chi connectivity index (χ3n) is 5.11. The van der Waals surface area contributed by atoms with E-state index in [1.165, 1.54) is 38.6 Å². The van der Waals surface area contributed by atoms with Crippen molar-refractivity contribution >= 4 is 58.7 Å². The number of nitrogens with zero attached hydrogens (tertiary/aromatic N) is 2. The van der Waals surface area contributed by atoms with Gasteiger partial charge in [-0.2, -0.15) is 5.26 Å². The molecule has 0 atom stereocenters. The van der Waals surface area contributed by atoms with E-state index in [2.05, 4.69) is 60.4 Å². The number of thiophene rings is 1. The summed E-state index contributed by atoms with van der Waals surface area (Å²) in [6.07, 6.45) is 7.79. The van der Waals surface area contributed by atoms with E-state index in [0.29, 0.717) is 0 Å². The number of anilines is 2. The molecule has 0 saturated heterocycles. The Morgan fingerprint density at radius 1 is 1.06 bits per heavy atom. The monoisotopic (exact) mass is 458 g/mol. The maximum Gasteiger partial charge on any atom is 0.346 e. The summed E-state index contributed by atoms with van der Waals surface area (Å²) in [6.45, 7) is 3.22. The van der Waals surface area contributed by atoms with E-state index >= 15 is 0 Å². The SMILES string of the molecule is CCCCN1c2ccccc2Sc2cc(/C=C/c3ccc(/C=C(/C#N)C(=O)O)s3)ccc21. The van der Waals surface area contributed by atoms with Gasteiger partial charge in [0, 0.05) is 26.1 Å². The Morgan fingerprint density at radius 2 is 1.84 bits per heavy atom. The Morgan fingerprint density at radius 3 is 2.62 bits per heavy atom. The van der Waals surface area contributed by atoms with Crippen LogP contribution in [0.15, 0.2) is 70.0 Å². The number of hydrogen-bond donors (Lipinski definition) is 1. The van der Waals surface area contributed by atoms with Crippen LogP contribution in [0.2, 0.25) is 0 Å². The van der Waals surface area contributed by atoms with Crippen LogP contribution in [-0.4, -0.2) is 17.6 Å². The molecule has 1 aliphatic heterocycles. The van der Waals surface area contributed by atoms with E-state index < -0.39 is 5.97 Å². The lowest BCUT2D eigenvalue weighted by molar-refractivity contribution is -0.132. The highest BCUT2D eigenvalue weighted by atomic mass is 32.2. The van der Waals surface area contributed by atoms with Gasteiger partial charge in [-0.05, 0) is 60.5 Å². The second-order valence-electron chi connectivity index (χ2n) is 7.35. The standard InChI is InChI=1S/C26H22N2O2S2/c1-2-3-14-28-22-6-4-5-7-24(22)32-25-15-18(9-13-23(25)28)8-10-20-11-12-21(31-20)16-19(17-27)26(29)30/h4-13,15-16H,2-3,14H2,1H3,(H,29,30)/b10-8+,19-16-. The van der Waals surface area contributed by atoms with E-state index in [1.807, 2.05) is 18.2 Å². The molecule has 0 amide bonds. The summed E-state index contributed by atoms with van der Waals surface area (Å²) in [5, 5.41) is 17.9. The van der Waals surface area contributed by atoms with Crippen LogP contribution >= 0.6 is 23.1 Å². The molecule has 6 heteroatoms. The van der Waals surface area contributed by atoms with Gasteiger partial charge in [-0.25, -0.2) is 4.79 Å². The fourth-order valence-corrected chi connectivity index (χ4v) is 5.51. The molecule has 1 aliphatic rings. The zero-order valence-electron chi connectivity index (χ0n) is 17.6. The van der Waals surface area contributed by atoms with E-state index in [0.717, 1.165) is 34.7 Å². The summed E-state index contributed by atoms with van der Waals surface area (Å²) in [4.78, 5) is 17.7. The minimum atomic E-state index is -1.21. The van der Waals surface area contributed by atoms with Crippen LogP contribution < -0.4 is 4.90 Å². The van der Waals surface area contributed by atoms with Crippen molar-refractivity contribution in [3.05, 3.63) is 75.5 Å². The summed E-state index contributed by atoms with van der Waals surface area (Å²) in [7, 11) is 0. The van der Waals surface area contributed by atoms with Gasteiger partial charge in [0.25, 0.3) is 0 Å². The molecule has 1 aromatic heterocycles. The van der Waals surface area contributed by atoms with Gasteiger partial charge < -0.3 is 10.0 Å². The number of hydrogen-bond acceptors (Lipinski definition) is 5. The fraction of sp³-hybridized carbons (Fsp3) is 0.154. The van der Waals surface area contributed by atoms with Crippen LogP contribution in [0, 0.1) is 11.3 Å². The van der Waals surface area contributed by atoms with Crippen LogP contribution in [0.4, 0.5) is 11.4 Å². The van der Waals surface area contributed by atoms with Gasteiger partial charge in [0.2, 0.25) is 0 Å². The normalized spacial score (nSPS) is 13.0. The number of unbranched alkanes of at least 4 members (excludes halogenated alkanes) is 1. The lowest BCUT2D eigenvalue weighted by Crippen LogP contribution is -2.21. The van der Waals surface area contributed by atoms with E-state index in [1.54, 1.807) is 17.8 Å². The first kappa shape index (κ1) is 21.9. The van der Waals surface area contributed by atoms with Gasteiger partial charge in [-0.1, -0.05) is 49.4 Å². The van der Waals surface area contributed by atoms with Crippen molar-refractivity contribution in [3.63, 3.8) is 0 Å². The fourth-order valence-electron chi connectivity index (χ4n) is 3.51. The Labute approximate surface area is 196 Å². The molecule has 160 valence electrons. The van der Waals surface area contributed by atoms with Crippen molar-refractivity contribution in [2.24, 2.45) is 0 Å². The molecular formula is C26H22N2O2S2. The van der Waals surface area contributed by atoms with Crippen LogP contribution in [0.5, 0.6) is 0 Å². The lowest BCUT2D eigenvalue weighted by Gasteiger charge is -2.33. The summed E-state index contributed by atoms with van der Waals surface area (Å²) in [6, 6.07) is 20.6. The minimum Gasteiger partial charge on any atom is -0.477 e. The number of carboxylic acids is 1. The average Bonchev–Trinajstić information content (AvgIpc) is 3.26. The van der Waals surface area contributed by atoms with Crippen LogP contribution in [0.25, 0.3) is 18.2 Å². The Hall–Kier alpha value is -3.27. The minimum absolute atomic E-state index is 0.262. The molecule has 0 aliphatic carbocycles. The highest BCUT2D eigenvalue weighted by Gasteiger charge is 2.22. The molecule has 4 nitrogen and oxygen atoms in total. The Balaban J connectivity index is 1.57. The molecule has 2 heterocycles. The van der Waals surface area contributed by atoms with Crippen LogP contribution in [0.3, 0.4) is 0 Å². The first-order valence-corrected chi connectivity index (χ1v) is 12.0. The van der Waals surface area contributed by atoms with Crippen molar-refractivity contribution in [1.82, 2.24) is 0 Å². The van der Waals surface area contributed by atoms with Gasteiger partial charge in [-0.3, -0.25) is 0 Å². The predicted molar refractivity (Wildman–Crippen MR) is 133 cm³/mol. The van der Waals surface area contributed by atoms with Crippen molar-refractivity contribution < 1.29 is 9.90 Å². The number of rotatable bonds is 7. The number of aliphatic carboxylic acids is 1. The van der Waals surface area contributed by atoms with E-state index in [9.17, 15) is 4.79 Å². The molecule has 0 bridgehead atoms. The third kappa shape index (κ3) is 4.80. The molecule has 0 saturated carbocycles. The summed E-state index contributed by atoms with van der Waals surface area (Å²) < 4.78 is 0. The molecule has 32 heavy (non-hydrogen) atoms. The first-order valence-electron chi connectivity index (χ1n) is 10.4. The highest BCUT2D eigenvalue weighted by Crippen LogP contribution is 2.48. The number of fused-ring (bicyclic) bond motifs is 2. The van der Waals surface area contributed by atoms with Crippen molar-refractivity contribution in [2.45, 2.75) is 29.6 Å². The first-order chi connectivity index (χ1) is 15.6. The zero-order chi connectivity index (χ0) is 22.5.